The van der Waals surface area contributed by atoms with Crippen LogP contribution in [0.2, 0.25) is 0 Å². The minimum absolute atomic E-state index is 0.184. The SMILES string of the molecule is Cc1onc(-c2cccnc2)c1C(=O)N(Cc1nn[nH]n1)CC(C)C. The highest BCUT2D eigenvalue weighted by atomic mass is 16.5. The zero-order valence-electron chi connectivity index (χ0n) is 14.3. The van der Waals surface area contributed by atoms with Crippen molar-refractivity contribution in [2.75, 3.05) is 6.54 Å². The number of aromatic nitrogens is 6. The van der Waals surface area contributed by atoms with Gasteiger partial charge < -0.3 is 9.42 Å². The number of carbonyl (C=O) groups excluding carboxylic acids is 1. The minimum Gasteiger partial charge on any atom is -0.360 e. The summed E-state index contributed by atoms with van der Waals surface area (Å²) in [4.78, 5) is 19.0. The molecule has 3 aromatic rings. The molecule has 1 N–H and O–H groups in total. The lowest BCUT2D eigenvalue weighted by atomic mass is 10.1. The first-order valence-corrected chi connectivity index (χ1v) is 7.94. The van der Waals surface area contributed by atoms with E-state index < -0.39 is 0 Å². The van der Waals surface area contributed by atoms with Gasteiger partial charge in [0.1, 0.15) is 17.0 Å². The quantitative estimate of drug-likeness (QED) is 0.727. The summed E-state index contributed by atoms with van der Waals surface area (Å²) in [5, 5.41) is 17.9. The van der Waals surface area contributed by atoms with Gasteiger partial charge in [0.05, 0.1) is 6.54 Å². The summed E-state index contributed by atoms with van der Waals surface area (Å²) < 4.78 is 5.29. The summed E-state index contributed by atoms with van der Waals surface area (Å²) in [6.07, 6.45) is 3.32. The van der Waals surface area contributed by atoms with E-state index in [-0.39, 0.29) is 18.4 Å². The molecule has 0 aromatic carbocycles. The van der Waals surface area contributed by atoms with Gasteiger partial charge in [-0.15, -0.1) is 10.2 Å². The zero-order valence-corrected chi connectivity index (χ0v) is 14.3. The van der Waals surface area contributed by atoms with Crippen molar-refractivity contribution in [3.8, 4) is 11.3 Å². The summed E-state index contributed by atoms with van der Waals surface area (Å²) >= 11 is 0. The maximum atomic E-state index is 13.2. The van der Waals surface area contributed by atoms with Crippen LogP contribution in [0.15, 0.2) is 29.0 Å². The average Bonchev–Trinajstić information content (AvgIpc) is 3.23. The van der Waals surface area contributed by atoms with Gasteiger partial charge in [-0.2, -0.15) is 5.21 Å². The van der Waals surface area contributed by atoms with E-state index in [1.54, 1.807) is 30.3 Å². The van der Waals surface area contributed by atoms with Crippen molar-refractivity contribution in [1.29, 1.82) is 0 Å². The lowest BCUT2D eigenvalue weighted by molar-refractivity contribution is 0.0717. The van der Waals surface area contributed by atoms with E-state index >= 15 is 0 Å². The van der Waals surface area contributed by atoms with Gasteiger partial charge in [0, 0.05) is 24.5 Å². The third kappa shape index (κ3) is 3.70. The lowest BCUT2D eigenvalue weighted by Crippen LogP contribution is -2.34. The highest BCUT2D eigenvalue weighted by Gasteiger charge is 2.27. The monoisotopic (exact) mass is 341 g/mol. The van der Waals surface area contributed by atoms with Crippen molar-refractivity contribution in [3.05, 3.63) is 41.7 Å². The number of nitrogens with one attached hydrogen (secondary N) is 1. The molecule has 3 rings (SSSR count). The molecule has 9 nitrogen and oxygen atoms in total. The van der Waals surface area contributed by atoms with Crippen LogP contribution in [-0.2, 0) is 6.54 Å². The number of tetrazole rings is 1. The van der Waals surface area contributed by atoms with Crippen molar-refractivity contribution in [3.63, 3.8) is 0 Å². The molecular weight excluding hydrogens is 322 g/mol. The van der Waals surface area contributed by atoms with Crippen LogP contribution in [0.4, 0.5) is 0 Å². The topological polar surface area (TPSA) is 114 Å². The Morgan fingerprint density at radius 1 is 1.40 bits per heavy atom. The molecule has 0 saturated carbocycles. The van der Waals surface area contributed by atoms with E-state index in [2.05, 4.69) is 30.8 Å². The van der Waals surface area contributed by atoms with Gasteiger partial charge in [0.2, 0.25) is 0 Å². The second-order valence-corrected chi connectivity index (χ2v) is 6.11. The Morgan fingerprint density at radius 2 is 2.24 bits per heavy atom. The molecule has 0 aliphatic carbocycles. The van der Waals surface area contributed by atoms with E-state index in [4.69, 9.17) is 4.52 Å². The molecule has 0 radical (unpaired) electrons. The van der Waals surface area contributed by atoms with Gasteiger partial charge in [-0.25, -0.2) is 0 Å². The molecule has 3 aromatic heterocycles. The molecule has 130 valence electrons. The number of amides is 1. The smallest absolute Gasteiger partial charge is 0.260 e. The lowest BCUT2D eigenvalue weighted by Gasteiger charge is -2.23. The van der Waals surface area contributed by atoms with Gasteiger partial charge in [-0.3, -0.25) is 9.78 Å². The second-order valence-electron chi connectivity index (χ2n) is 6.11. The Morgan fingerprint density at radius 3 is 2.88 bits per heavy atom. The van der Waals surface area contributed by atoms with Crippen LogP contribution >= 0.6 is 0 Å². The van der Waals surface area contributed by atoms with Crippen LogP contribution in [-0.4, -0.2) is 48.1 Å². The molecule has 0 spiro atoms. The van der Waals surface area contributed by atoms with E-state index in [1.165, 1.54) is 0 Å². The Hall–Kier alpha value is -3.10. The molecule has 1 amide bonds. The highest BCUT2D eigenvalue weighted by Crippen LogP contribution is 2.26. The number of aromatic amines is 1. The first-order valence-electron chi connectivity index (χ1n) is 7.94. The third-order valence-electron chi connectivity index (χ3n) is 3.61. The molecule has 0 fully saturated rings. The number of pyridine rings is 1. The summed E-state index contributed by atoms with van der Waals surface area (Å²) in [5.41, 5.74) is 1.64. The van der Waals surface area contributed by atoms with E-state index in [0.29, 0.717) is 29.4 Å². The van der Waals surface area contributed by atoms with Crippen molar-refractivity contribution < 1.29 is 9.32 Å². The summed E-state index contributed by atoms with van der Waals surface area (Å²) in [6, 6.07) is 3.63. The molecule has 0 aliphatic rings. The Bertz CT molecular complexity index is 828. The molecule has 0 aliphatic heterocycles. The van der Waals surface area contributed by atoms with Crippen molar-refractivity contribution in [2.45, 2.75) is 27.3 Å². The van der Waals surface area contributed by atoms with Crippen LogP contribution in [0.25, 0.3) is 11.3 Å². The zero-order chi connectivity index (χ0) is 17.8. The van der Waals surface area contributed by atoms with Gasteiger partial charge in [-0.1, -0.05) is 24.2 Å². The summed E-state index contributed by atoms with van der Waals surface area (Å²) in [7, 11) is 0. The molecule has 0 bridgehead atoms. The van der Waals surface area contributed by atoms with Crippen molar-refractivity contribution in [1.82, 2.24) is 35.7 Å². The number of rotatable bonds is 6. The normalized spacial score (nSPS) is 11.0. The molecule has 25 heavy (non-hydrogen) atoms. The fourth-order valence-electron chi connectivity index (χ4n) is 2.56. The fraction of sp³-hybridized carbons (Fsp3) is 0.375. The number of carbonyl (C=O) groups is 1. The number of nitrogens with zero attached hydrogens (tertiary/aromatic N) is 6. The molecule has 0 unspecified atom stereocenters. The van der Waals surface area contributed by atoms with E-state index in [1.807, 2.05) is 19.9 Å². The first-order chi connectivity index (χ1) is 12.1. The summed E-state index contributed by atoms with van der Waals surface area (Å²) in [6.45, 7) is 6.61. The Labute approximate surface area is 144 Å². The average molecular weight is 341 g/mol. The van der Waals surface area contributed by atoms with Crippen LogP contribution in [0, 0.1) is 12.8 Å². The van der Waals surface area contributed by atoms with Gasteiger partial charge in [-0.05, 0) is 25.0 Å². The minimum atomic E-state index is -0.184. The molecule has 3 heterocycles. The molecule has 9 heteroatoms. The first kappa shape index (κ1) is 16.7. The third-order valence-corrected chi connectivity index (χ3v) is 3.61. The number of hydrogen-bond acceptors (Lipinski definition) is 7. The Balaban J connectivity index is 1.95. The standard InChI is InChI=1S/C16H19N7O2/c1-10(2)8-23(9-13-18-21-22-19-13)16(24)14-11(3)25-20-15(14)12-5-4-6-17-7-12/h4-7,10H,8-9H2,1-3H3,(H,18,19,21,22). The van der Waals surface area contributed by atoms with Gasteiger partial charge >= 0.3 is 0 Å². The molecule has 0 atom stereocenters. The van der Waals surface area contributed by atoms with Crippen LogP contribution in [0.3, 0.4) is 0 Å². The van der Waals surface area contributed by atoms with Crippen LogP contribution < -0.4 is 0 Å². The molecule has 0 saturated heterocycles. The summed E-state index contributed by atoms with van der Waals surface area (Å²) in [5.74, 6) is 1.01. The van der Waals surface area contributed by atoms with Gasteiger partial charge in [0.15, 0.2) is 5.82 Å². The number of aryl methyl sites for hydroxylation is 1. The van der Waals surface area contributed by atoms with Crippen LogP contribution in [0.5, 0.6) is 0 Å². The van der Waals surface area contributed by atoms with E-state index in [9.17, 15) is 4.79 Å². The number of H-pyrrole nitrogens is 1. The maximum Gasteiger partial charge on any atom is 0.260 e. The predicted octanol–water partition coefficient (Wildman–Crippen LogP) is 1.86. The van der Waals surface area contributed by atoms with Crippen molar-refractivity contribution >= 4 is 5.91 Å². The Kier molecular flexibility index (Phi) is 4.82. The largest absolute Gasteiger partial charge is 0.360 e. The highest BCUT2D eigenvalue weighted by molar-refractivity contribution is 6.00. The van der Waals surface area contributed by atoms with Crippen molar-refractivity contribution in [2.24, 2.45) is 5.92 Å². The fourth-order valence-corrected chi connectivity index (χ4v) is 2.56. The predicted molar refractivity (Wildman–Crippen MR) is 88.2 cm³/mol. The van der Waals surface area contributed by atoms with E-state index in [0.717, 1.165) is 5.56 Å². The maximum absolute atomic E-state index is 13.2. The molecular formula is C16H19N7O2. The van der Waals surface area contributed by atoms with Gasteiger partial charge in [0.25, 0.3) is 5.91 Å². The number of hydrogen-bond donors (Lipinski definition) is 1. The van der Waals surface area contributed by atoms with Crippen LogP contribution in [0.1, 0.15) is 35.8 Å². The second kappa shape index (κ2) is 7.20.